The van der Waals surface area contributed by atoms with Gasteiger partial charge in [0.1, 0.15) is 0 Å². The smallest absolute Gasteiger partial charge is 0.328 e. The maximum Gasteiger partial charge on any atom is 0.466 e. The molecule has 0 aliphatic rings. The van der Waals surface area contributed by atoms with Crippen LogP contribution < -0.4 is 5.73 Å². The van der Waals surface area contributed by atoms with Crippen LogP contribution in [0.3, 0.4) is 0 Å². The monoisotopic (exact) mass is 233 g/mol. The highest BCUT2D eigenvalue weighted by Crippen LogP contribution is 2.25. The second kappa shape index (κ2) is 6.71. The van der Waals surface area contributed by atoms with Crippen molar-refractivity contribution in [2.45, 2.75) is 19.4 Å². The van der Waals surface area contributed by atoms with Crippen LogP contribution >= 0.6 is 7.82 Å². The molecule has 6 heteroatoms. The molecule has 86 valence electrons. The van der Waals surface area contributed by atoms with E-state index in [-0.39, 0.29) is 6.04 Å². The Bertz CT molecular complexity index is 301. The van der Waals surface area contributed by atoms with Crippen molar-refractivity contribution in [3.8, 4) is 0 Å². The SMILES string of the molecule is CC(N)Cc1ccccc1.O=P(O)(O)O. The average molecular weight is 233 g/mol. The summed E-state index contributed by atoms with van der Waals surface area (Å²) in [4.78, 5) is 21.6. The van der Waals surface area contributed by atoms with Crippen molar-refractivity contribution in [2.75, 3.05) is 0 Å². The second-order valence-corrected chi connectivity index (χ2v) is 4.21. The minimum atomic E-state index is -4.64. The van der Waals surface area contributed by atoms with Crippen LogP contribution in [0.25, 0.3) is 0 Å². The summed E-state index contributed by atoms with van der Waals surface area (Å²) >= 11 is 0. The Labute approximate surface area is 88.8 Å². The number of benzene rings is 1. The highest BCUT2D eigenvalue weighted by Gasteiger charge is 2.00. The molecule has 0 saturated heterocycles. The Morgan fingerprint density at radius 1 is 1.27 bits per heavy atom. The molecular weight excluding hydrogens is 217 g/mol. The van der Waals surface area contributed by atoms with Crippen LogP contribution in [-0.4, -0.2) is 20.7 Å². The number of hydrogen-bond donors (Lipinski definition) is 4. The van der Waals surface area contributed by atoms with Crippen LogP contribution in [0.2, 0.25) is 0 Å². The van der Waals surface area contributed by atoms with Gasteiger partial charge in [0, 0.05) is 6.04 Å². The van der Waals surface area contributed by atoms with Gasteiger partial charge in [-0.25, -0.2) is 4.57 Å². The predicted molar refractivity (Wildman–Crippen MR) is 58.1 cm³/mol. The lowest BCUT2D eigenvalue weighted by molar-refractivity contribution is 0.275. The standard InChI is InChI=1S/C9H13N.H3O4P/c1-8(10)7-9-5-3-2-4-6-9;1-5(2,3)4/h2-6,8H,7,10H2,1H3;(H3,1,2,3,4). The van der Waals surface area contributed by atoms with E-state index in [9.17, 15) is 0 Å². The number of phosphoric acid groups is 1. The third-order valence-corrected chi connectivity index (χ3v) is 1.40. The molecule has 0 aromatic heterocycles. The molecule has 5 N–H and O–H groups in total. The van der Waals surface area contributed by atoms with E-state index < -0.39 is 7.82 Å². The third kappa shape index (κ3) is 13.3. The van der Waals surface area contributed by atoms with E-state index in [0.717, 1.165) is 6.42 Å². The Kier molecular flexibility index (Phi) is 6.40. The van der Waals surface area contributed by atoms with Gasteiger partial charge in [-0.2, -0.15) is 0 Å². The first-order valence-corrected chi connectivity index (χ1v) is 5.93. The normalized spacial score (nSPS) is 12.6. The van der Waals surface area contributed by atoms with E-state index in [1.165, 1.54) is 5.56 Å². The lowest BCUT2D eigenvalue weighted by Crippen LogP contribution is -2.17. The van der Waals surface area contributed by atoms with E-state index in [2.05, 4.69) is 12.1 Å². The molecule has 1 rings (SSSR count). The summed E-state index contributed by atoms with van der Waals surface area (Å²) in [6.07, 6.45) is 0.973. The van der Waals surface area contributed by atoms with E-state index in [1.807, 2.05) is 25.1 Å². The summed E-state index contributed by atoms with van der Waals surface area (Å²) in [7, 11) is -4.64. The minimum absolute atomic E-state index is 0.266. The fraction of sp³-hybridized carbons (Fsp3) is 0.333. The van der Waals surface area contributed by atoms with Gasteiger partial charge in [0.2, 0.25) is 0 Å². The number of rotatable bonds is 2. The van der Waals surface area contributed by atoms with Crippen molar-refractivity contribution in [2.24, 2.45) is 5.73 Å². The lowest BCUT2D eigenvalue weighted by Gasteiger charge is -2.02. The van der Waals surface area contributed by atoms with Crippen LogP contribution in [-0.2, 0) is 11.0 Å². The largest absolute Gasteiger partial charge is 0.466 e. The molecule has 0 bridgehead atoms. The molecule has 1 unspecified atom stereocenters. The summed E-state index contributed by atoms with van der Waals surface area (Å²) in [5.74, 6) is 0. The van der Waals surface area contributed by atoms with Gasteiger partial charge >= 0.3 is 7.82 Å². The minimum Gasteiger partial charge on any atom is -0.328 e. The summed E-state index contributed by atoms with van der Waals surface area (Å²) in [5.41, 5.74) is 6.94. The van der Waals surface area contributed by atoms with Crippen molar-refractivity contribution < 1.29 is 19.2 Å². The van der Waals surface area contributed by atoms with Gasteiger partial charge in [0.15, 0.2) is 0 Å². The summed E-state index contributed by atoms with van der Waals surface area (Å²) in [6.45, 7) is 2.02. The van der Waals surface area contributed by atoms with Crippen LogP contribution in [0.1, 0.15) is 12.5 Å². The van der Waals surface area contributed by atoms with Crippen molar-refractivity contribution in [3.05, 3.63) is 35.9 Å². The fourth-order valence-electron chi connectivity index (χ4n) is 0.986. The highest BCUT2D eigenvalue weighted by molar-refractivity contribution is 7.45. The van der Waals surface area contributed by atoms with E-state index >= 15 is 0 Å². The molecule has 15 heavy (non-hydrogen) atoms. The van der Waals surface area contributed by atoms with Crippen LogP contribution in [0.4, 0.5) is 0 Å². The molecule has 0 radical (unpaired) electrons. The Balaban J connectivity index is 0.000000336. The zero-order chi connectivity index (χ0) is 11.9. The summed E-state index contributed by atoms with van der Waals surface area (Å²) in [6, 6.07) is 10.6. The molecule has 1 aromatic carbocycles. The first-order valence-electron chi connectivity index (χ1n) is 4.37. The Morgan fingerprint density at radius 3 is 2.00 bits per heavy atom. The maximum atomic E-state index is 8.88. The maximum absolute atomic E-state index is 8.88. The summed E-state index contributed by atoms with van der Waals surface area (Å²) < 4.78 is 8.88. The number of nitrogens with two attached hydrogens (primary N) is 1. The van der Waals surface area contributed by atoms with E-state index in [1.54, 1.807) is 0 Å². The average Bonchev–Trinajstić information content (AvgIpc) is 2.01. The van der Waals surface area contributed by atoms with Gasteiger partial charge in [-0.1, -0.05) is 30.3 Å². The van der Waals surface area contributed by atoms with Crippen LogP contribution in [0.15, 0.2) is 30.3 Å². The Hall–Kier alpha value is -0.710. The molecule has 1 aromatic rings. The van der Waals surface area contributed by atoms with Gasteiger partial charge in [-0.05, 0) is 18.9 Å². The molecule has 0 amide bonds. The second-order valence-electron chi connectivity index (χ2n) is 3.18. The molecular formula is C9H16NO4P. The predicted octanol–water partition coefficient (Wildman–Crippen LogP) is 0.648. The van der Waals surface area contributed by atoms with Gasteiger partial charge in [-0.3, -0.25) is 0 Å². The molecule has 0 aliphatic carbocycles. The molecule has 0 fully saturated rings. The van der Waals surface area contributed by atoms with Crippen LogP contribution in [0.5, 0.6) is 0 Å². The third-order valence-electron chi connectivity index (χ3n) is 1.40. The fourth-order valence-corrected chi connectivity index (χ4v) is 0.986. The van der Waals surface area contributed by atoms with Crippen molar-refractivity contribution >= 4 is 7.82 Å². The highest BCUT2D eigenvalue weighted by atomic mass is 31.2. The molecule has 0 aliphatic heterocycles. The molecule has 5 nitrogen and oxygen atoms in total. The van der Waals surface area contributed by atoms with Crippen molar-refractivity contribution in [1.29, 1.82) is 0 Å². The first-order chi connectivity index (χ1) is 6.79. The number of hydrogen-bond acceptors (Lipinski definition) is 2. The first kappa shape index (κ1) is 14.3. The van der Waals surface area contributed by atoms with E-state index in [0.29, 0.717) is 0 Å². The quantitative estimate of drug-likeness (QED) is 0.561. The zero-order valence-corrected chi connectivity index (χ0v) is 9.34. The molecule has 1 atom stereocenters. The van der Waals surface area contributed by atoms with Crippen molar-refractivity contribution in [3.63, 3.8) is 0 Å². The van der Waals surface area contributed by atoms with Gasteiger partial charge < -0.3 is 20.4 Å². The lowest BCUT2D eigenvalue weighted by atomic mass is 10.1. The molecule has 0 saturated carbocycles. The summed E-state index contributed by atoms with van der Waals surface area (Å²) in [5, 5.41) is 0. The molecule has 0 spiro atoms. The zero-order valence-electron chi connectivity index (χ0n) is 8.45. The Morgan fingerprint density at radius 2 is 1.67 bits per heavy atom. The van der Waals surface area contributed by atoms with Crippen molar-refractivity contribution in [1.82, 2.24) is 0 Å². The topological polar surface area (TPSA) is 104 Å². The van der Waals surface area contributed by atoms with Gasteiger partial charge in [0.25, 0.3) is 0 Å². The van der Waals surface area contributed by atoms with Crippen LogP contribution in [0, 0.1) is 0 Å². The van der Waals surface area contributed by atoms with E-state index in [4.69, 9.17) is 25.0 Å². The van der Waals surface area contributed by atoms with Gasteiger partial charge in [0.05, 0.1) is 0 Å². The molecule has 0 heterocycles. The van der Waals surface area contributed by atoms with Gasteiger partial charge in [-0.15, -0.1) is 0 Å².